The van der Waals surface area contributed by atoms with Gasteiger partial charge in [-0.2, -0.15) is 0 Å². The predicted octanol–water partition coefficient (Wildman–Crippen LogP) is 1.06. The number of nitro groups is 1. The summed E-state index contributed by atoms with van der Waals surface area (Å²) in [4.78, 5) is 20.4. The van der Waals surface area contributed by atoms with Crippen LogP contribution in [0.5, 0.6) is 5.75 Å². The molecular weight excluding hydrogens is 206 g/mol. The molecule has 0 aromatic heterocycles. The number of rotatable bonds is 3. The lowest BCUT2D eigenvalue weighted by Gasteiger charge is -2.02. The number of hydrogen-bond acceptors (Lipinski definition) is 6. The van der Waals surface area contributed by atoms with Gasteiger partial charge in [-0.1, -0.05) is 0 Å². The molecule has 0 unspecified atom stereocenters. The number of carbonyl (C=O) groups excluding carboxylic acids is 1. The molecule has 1 rings (SSSR count). The minimum Gasteiger partial charge on any atom is -0.407 e. The summed E-state index contributed by atoms with van der Waals surface area (Å²) in [7, 11) is 0. The van der Waals surface area contributed by atoms with Crippen molar-refractivity contribution in [2.24, 2.45) is 0 Å². The first-order valence-electron chi connectivity index (χ1n) is 3.83. The molecule has 1 aromatic rings. The van der Waals surface area contributed by atoms with E-state index in [-0.39, 0.29) is 11.4 Å². The highest BCUT2D eigenvalue weighted by Crippen LogP contribution is 2.17. The standard InChI is InChI=1S/C8H7NO6/c10-5-14-8(11)15-7-3-1-6(2-4-7)9(12)13/h1-4,10H,5H2. The van der Waals surface area contributed by atoms with Gasteiger partial charge in [-0.25, -0.2) is 4.79 Å². The van der Waals surface area contributed by atoms with E-state index in [4.69, 9.17) is 5.11 Å². The molecule has 15 heavy (non-hydrogen) atoms. The first kappa shape index (κ1) is 10.9. The zero-order valence-corrected chi connectivity index (χ0v) is 7.45. The molecule has 7 heteroatoms. The highest BCUT2D eigenvalue weighted by atomic mass is 16.8. The van der Waals surface area contributed by atoms with Gasteiger partial charge in [-0.3, -0.25) is 10.1 Å². The van der Waals surface area contributed by atoms with Crippen molar-refractivity contribution in [1.29, 1.82) is 0 Å². The maximum absolute atomic E-state index is 10.7. The Balaban J connectivity index is 2.64. The summed E-state index contributed by atoms with van der Waals surface area (Å²) < 4.78 is 8.63. The third-order valence-corrected chi connectivity index (χ3v) is 1.43. The van der Waals surface area contributed by atoms with Gasteiger partial charge in [0.25, 0.3) is 5.69 Å². The number of aliphatic hydroxyl groups excluding tert-OH is 1. The number of nitro benzene ring substituents is 1. The van der Waals surface area contributed by atoms with Crippen LogP contribution in [0.3, 0.4) is 0 Å². The molecule has 0 aliphatic carbocycles. The van der Waals surface area contributed by atoms with Crippen molar-refractivity contribution in [3.8, 4) is 5.75 Å². The summed E-state index contributed by atoms with van der Waals surface area (Å²) >= 11 is 0. The smallest absolute Gasteiger partial charge is 0.407 e. The Morgan fingerprint density at radius 1 is 1.40 bits per heavy atom. The van der Waals surface area contributed by atoms with Gasteiger partial charge in [0.05, 0.1) is 4.92 Å². The van der Waals surface area contributed by atoms with E-state index >= 15 is 0 Å². The minimum atomic E-state index is -1.08. The average molecular weight is 213 g/mol. The Bertz CT molecular complexity index is 360. The Morgan fingerprint density at radius 2 is 2.00 bits per heavy atom. The Kier molecular flexibility index (Phi) is 3.58. The quantitative estimate of drug-likeness (QED) is 0.265. The monoisotopic (exact) mass is 213 g/mol. The molecule has 0 bridgehead atoms. The lowest BCUT2D eigenvalue weighted by Crippen LogP contribution is -2.10. The van der Waals surface area contributed by atoms with Crippen LogP contribution in [0.1, 0.15) is 0 Å². The Hall–Kier alpha value is -2.15. The van der Waals surface area contributed by atoms with Gasteiger partial charge in [0.1, 0.15) is 5.75 Å². The second-order valence-electron chi connectivity index (χ2n) is 2.38. The zero-order chi connectivity index (χ0) is 11.3. The number of nitrogens with zero attached hydrogens (tertiary/aromatic N) is 1. The lowest BCUT2D eigenvalue weighted by molar-refractivity contribution is -0.384. The van der Waals surface area contributed by atoms with Gasteiger partial charge in [-0.05, 0) is 12.1 Å². The molecular formula is C8H7NO6. The van der Waals surface area contributed by atoms with Crippen molar-refractivity contribution in [2.45, 2.75) is 0 Å². The Morgan fingerprint density at radius 3 is 2.47 bits per heavy atom. The molecule has 0 atom stereocenters. The number of aliphatic hydroxyl groups is 1. The number of hydrogen-bond donors (Lipinski definition) is 1. The average Bonchev–Trinajstić information content (AvgIpc) is 2.18. The summed E-state index contributed by atoms with van der Waals surface area (Å²) in [5.74, 6) is 0.0963. The van der Waals surface area contributed by atoms with Gasteiger partial charge in [0.15, 0.2) is 6.79 Å². The fraction of sp³-hybridized carbons (Fsp3) is 0.125. The minimum absolute atomic E-state index is 0.0963. The first-order chi connectivity index (χ1) is 7.13. The van der Waals surface area contributed by atoms with Crippen molar-refractivity contribution < 1.29 is 24.3 Å². The van der Waals surface area contributed by atoms with Crippen molar-refractivity contribution in [1.82, 2.24) is 0 Å². The van der Waals surface area contributed by atoms with E-state index in [1.54, 1.807) is 0 Å². The largest absolute Gasteiger partial charge is 0.515 e. The summed E-state index contributed by atoms with van der Waals surface area (Å²) in [5, 5.41) is 18.5. The third-order valence-electron chi connectivity index (χ3n) is 1.43. The fourth-order valence-electron chi connectivity index (χ4n) is 0.814. The van der Waals surface area contributed by atoms with Gasteiger partial charge in [0.2, 0.25) is 0 Å². The molecule has 0 heterocycles. The van der Waals surface area contributed by atoms with Crippen molar-refractivity contribution in [3.05, 3.63) is 34.4 Å². The number of ether oxygens (including phenoxy) is 2. The van der Waals surface area contributed by atoms with Crippen LogP contribution in [0, 0.1) is 10.1 Å². The number of carbonyl (C=O) groups is 1. The number of benzene rings is 1. The molecule has 0 amide bonds. The van der Waals surface area contributed by atoms with Crippen LogP contribution in [-0.2, 0) is 4.74 Å². The number of non-ortho nitro benzene ring substituents is 1. The molecule has 0 aliphatic heterocycles. The van der Waals surface area contributed by atoms with Crippen molar-refractivity contribution >= 4 is 11.8 Å². The van der Waals surface area contributed by atoms with E-state index in [1.165, 1.54) is 24.3 Å². The zero-order valence-electron chi connectivity index (χ0n) is 7.45. The molecule has 0 saturated carbocycles. The summed E-state index contributed by atoms with van der Waals surface area (Å²) in [5.41, 5.74) is -0.113. The highest BCUT2D eigenvalue weighted by molar-refractivity contribution is 5.63. The third kappa shape index (κ3) is 3.24. The van der Waals surface area contributed by atoms with E-state index in [0.717, 1.165) is 0 Å². The molecule has 0 aliphatic rings. The maximum Gasteiger partial charge on any atom is 0.515 e. The van der Waals surface area contributed by atoms with Crippen LogP contribution >= 0.6 is 0 Å². The van der Waals surface area contributed by atoms with E-state index in [0.29, 0.717) is 0 Å². The van der Waals surface area contributed by atoms with Crippen LogP contribution in [0.2, 0.25) is 0 Å². The predicted molar refractivity (Wildman–Crippen MR) is 47.3 cm³/mol. The van der Waals surface area contributed by atoms with Gasteiger partial charge < -0.3 is 14.6 Å². The van der Waals surface area contributed by atoms with Crippen molar-refractivity contribution in [2.75, 3.05) is 6.79 Å². The molecule has 7 nitrogen and oxygen atoms in total. The molecule has 0 saturated heterocycles. The SMILES string of the molecule is O=C(OCO)Oc1ccc([N+](=O)[O-])cc1. The van der Waals surface area contributed by atoms with Gasteiger partial charge in [0, 0.05) is 12.1 Å². The normalized spacial score (nSPS) is 9.40. The van der Waals surface area contributed by atoms with Crippen LogP contribution < -0.4 is 4.74 Å². The van der Waals surface area contributed by atoms with Gasteiger partial charge in [-0.15, -0.1) is 0 Å². The molecule has 0 spiro atoms. The fourth-order valence-corrected chi connectivity index (χ4v) is 0.814. The Labute approximate surface area is 84.0 Å². The summed E-state index contributed by atoms with van der Waals surface area (Å²) in [6.07, 6.45) is -1.08. The van der Waals surface area contributed by atoms with Crippen LogP contribution in [0.15, 0.2) is 24.3 Å². The van der Waals surface area contributed by atoms with E-state index in [1.807, 2.05) is 0 Å². The highest BCUT2D eigenvalue weighted by Gasteiger charge is 2.08. The molecule has 1 aromatic carbocycles. The van der Waals surface area contributed by atoms with E-state index < -0.39 is 17.9 Å². The first-order valence-corrected chi connectivity index (χ1v) is 3.83. The van der Waals surface area contributed by atoms with Crippen LogP contribution in [-0.4, -0.2) is 23.0 Å². The second kappa shape index (κ2) is 4.91. The molecule has 80 valence electrons. The molecule has 0 radical (unpaired) electrons. The topological polar surface area (TPSA) is 98.9 Å². The van der Waals surface area contributed by atoms with Crippen molar-refractivity contribution in [3.63, 3.8) is 0 Å². The second-order valence-corrected chi connectivity index (χ2v) is 2.38. The maximum atomic E-state index is 10.7. The van der Waals surface area contributed by atoms with Gasteiger partial charge >= 0.3 is 6.16 Å². The summed E-state index contributed by atoms with van der Waals surface area (Å²) in [6, 6.07) is 4.86. The molecule has 1 N–H and O–H groups in total. The van der Waals surface area contributed by atoms with E-state index in [9.17, 15) is 14.9 Å². The summed E-state index contributed by atoms with van der Waals surface area (Å²) in [6.45, 7) is -0.786. The van der Waals surface area contributed by atoms with Crippen LogP contribution in [0.4, 0.5) is 10.5 Å². The van der Waals surface area contributed by atoms with Crippen LogP contribution in [0.25, 0.3) is 0 Å². The molecule has 0 fully saturated rings. The lowest BCUT2D eigenvalue weighted by atomic mass is 10.3. The van der Waals surface area contributed by atoms with E-state index in [2.05, 4.69) is 9.47 Å².